The molecule has 64 valence electrons. The molecule has 0 atom stereocenters. The highest BCUT2D eigenvalue weighted by Gasteiger charge is 2.06. The number of hydrogen-bond donors (Lipinski definition) is 1. The van der Waals surface area contributed by atoms with Gasteiger partial charge in [-0.15, -0.1) is 0 Å². The van der Waals surface area contributed by atoms with Gasteiger partial charge in [-0.25, -0.2) is 0 Å². The normalized spacial score (nSPS) is 8.91. The van der Waals surface area contributed by atoms with E-state index in [9.17, 15) is 9.59 Å². The van der Waals surface area contributed by atoms with E-state index < -0.39 is 5.97 Å². The Labute approximate surface area is 65.9 Å². The van der Waals surface area contributed by atoms with Gasteiger partial charge in [0.25, 0.3) is 0 Å². The summed E-state index contributed by atoms with van der Waals surface area (Å²) in [4.78, 5) is 21.3. The van der Waals surface area contributed by atoms with Gasteiger partial charge in [0, 0.05) is 6.54 Å². The van der Waals surface area contributed by atoms with Crippen molar-refractivity contribution in [1.29, 1.82) is 0 Å². The van der Waals surface area contributed by atoms with E-state index >= 15 is 0 Å². The zero-order valence-electron chi connectivity index (χ0n) is 6.85. The maximum absolute atomic E-state index is 10.8. The predicted molar refractivity (Wildman–Crippen MR) is 39.9 cm³/mol. The van der Waals surface area contributed by atoms with Gasteiger partial charge in [-0.05, 0) is 6.42 Å². The van der Waals surface area contributed by atoms with Crippen LogP contribution in [0, 0.1) is 0 Å². The average Bonchev–Trinajstić information content (AvgIpc) is 2.00. The lowest BCUT2D eigenvalue weighted by atomic mass is 10.4. The van der Waals surface area contributed by atoms with Gasteiger partial charge < -0.3 is 10.1 Å². The van der Waals surface area contributed by atoms with Crippen LogP contribution in [0.1, 0.15) is 19.8 Å². The molecule has 0 aromatic heterocycles. The number of esters is 1. The van der Waals surface area contributed by atoms with Crippen LogP contribution in [0.5, 0.6) is 0 Å². The van der Waals surface area contributed by atoms with Crippen molar-refractivity contribution < 1.29 is 14.3 Å². The third-order valence-corrected chi connectivity index (χ3v) is 1.10. The van der Waals surface area contributed by atoms with Crippen LogP contribution in [0.2, 0.25) is 0 Å². The highest BCUT2D eigenvalue weighted by atomic mass is 16.5. The first-order valence-corrected chi connectivity index (χ1v) is 3.54. The molecule has 0 fully saturated rings. The Balaban J connectivity index is 3.44. The molecule has 1 amide bonds. The summed E-state index contributed by atoms with van der Waals surface area (Å²) < 4.78 is 4.30. The van der Waals surface area contributed by atoms with E-state index in [0.29, 0.717) is 6.54 Å². The highest BCUT2D eigenvalue weighted by molar-refractivity contribution is 5.94. The van der Waals surface area contributed by atoms with E-state index in [-0.39, 0.29) is 12.3 Å². The summed E-state index contributed by atoms with van der Waals surface area (Å²) in [7, 11) is 1.26. The molecular formula is C7H13NO3. The van der Waals surface area contributed by atoms with Gasteiger partial charge in [0.15, 0.2) is 0 Å². The zero-order chi connectivity index (χ0) is 8.69. The van der Waals surface area contributed by atoms with Gasteiger partial charge >= 0.3 is 5.97 Å². The molecule has 0 aromatic carbocycles. The first-order chi connectivity index (χ1) is 5.20. The number of hydrogen-bond acceptors (Lipinski definition) is 3. The number of carbonyl (C=O) groups is 2. The van der Waals surface area contributed by atoms with E-state index in [1.165, 1.54) is 7.11 Å². The summed E-state index contributed by atoms with van der Waals surface area (Å²) in [5.41, 5.74) is 0. The Bertz CT molecular complexity index is 145. The minimum Gasteiger partial charge on any atom is -0.469 e. The number of ether oxygens (including phenoxy) is 1. The van der Waals surface area contributed by atoms with Crippen LogP contribution in [0.25, 0.3) is 0 Å². The van der Waals surface area contributed by atoms with Crippen molar-refractivity contribution in [3.8, 4) is 0 Å². The quantitative estimate of drug-likeness (QED) is 0.466. The SMILES string of the molecule is CCCNC(=O)CC(=O)OC. The van der Waals surface area contributed by atoms with Crippen LogP contribution >= 0.6 is 0 Å². The maximum Gasteiger partial charge on any atom is 0.315 e. The van der Waals surface area contributed by atoms with Crippen molar-refractivity contribution in [2.24, 2.45) is 0 Å². The molecule has 0 heterocycles. The number of nitrogens with one attached hydrogen (secondary N) is 1. The number of rotatable bonds is 4. The third kappa shape index (κ3) is 5.39. The van der Waals surface area contributed by atoms with E-state index in [4.69, 9.17) is 0 Å². The lowest BCUT2D eigenvalue weighted by Gasteiger charge is -2.00. The van der Waals surface area contributed by atoms with Gasteiger partial charge in [-0.3, -0.25) is 9.59 Å². The average molecular weight is 159 g/mol. The van der Waals surface area contributed by atoms with E-state index in [2.05, 4.69) is 10.1 Å². The van der Waals surface area contributed by atoms with Crippen LogP contribution < -0.4 is 5.32 Å². The Morgan fingerprint density at radius 3 is 2.55 bits per heavy atom. The van der Waals surface area contributed by atoms with Crippen molar-refractivity contribution >= 4 is 11.9 Å². The first kappa shape index (κ1) is 9.94. The summed E-state index contributed by atoms with van der Waals surface area (Å²) >= 11 is 0. The summed E-state index contributed by atoms with van der Waals surface area (Å²) in [5, 5.41) is 2.56. The molecular weight excluding hydrogens is 146 g/mol. The standard InChI is InChI=1S/C7H13NO3/c1-3-4-8-6(9)5-7(10)11-2/h3-5H2,1-2H3,(H,8,9). The van der Waals surface area contributed by atoms with Crippen LogP contribution in [-0.2, 0) is 14.3 Å². The van der Waals surface area contributed by atoms with Gasteiger partial charge in [0.2, 0.25) is 5.91 Å². The molecule has 0 saturated carbocycles. The second-order valence-electron chi connectivity index (χ2n) is 2.10. The Hall–Kier alpha value is -1.06. The van der Waals surface area contributed by atoms with Crippen molar-refractivity contribution in [3.05, 3.63) is 0 Å². The molecule has 0 radical (unpaired) electrons. The number of amides is 1. The lowest BCUT2D eigenvalue weighted by Crippen LogP contribution is -2.26. The van der Waals surface area contributed by atoms with Crippen molar-refractivity contribution in [2.75, 3.05) is 13.7 Å². The zero-order valence-corrected chi connectivity index (χ0v) is 6.85. The first-order valence-electron chi connectivity index (χ1n) is 3.54. The van der Waals surface area contributed by atoms with E-state index in [0.717, 1.165) is 6.42 Å². The second kappa shape index (κ2) is 5.70. The van der Waals surface area contributed by atoms with Crippen molar-refractivity contribution in [2.45, 2.75) is 19.8 Å². The fourth-order valence-electron chi connectivity index (χ4n) is 0.530. The van der Waals surface area contributed by atoms with Gasteiger partial charge in [0.1, 0.15) is 6.42 Å². The molecule has 0 saturated heterocycles. The van der Waals surface area contributed by atoms with Crippen molar-refractivity contribution in [1.82, 2.24) is 5.32 Å². The topological polar surface area (TPSA) is 55.4 Å². The molecule has 0 aliphatic heterocycles. The van der Waals surface area contributed by atoms with E-state index in [1.807, 2.05) is 6.92 Å². The molecule has 1 N–H and O–H groups in total. The molecule has 4 heteroatoms. The third-order valence-electron chi connectivity index (χ3n) is 1.10. The molecule has 0 aliphatic rings. The fraction of sp³-hybridized carbons (Fsp3) is 0.714. The molecule has 4 nitrogen and oxygen atoms in total. The van der Waals surface area contributed by atoms with Crippen molar-refractivity contribution in [3.63, 3.8) is 0 Å². The molecule has 0 unspecified atom stereocenters. The van der Waals surface area contributed by atoms with Crippen LogP contribution in [0.4, 0.5) is 0 Å². The molecule has 0 bridgehead atoms. The molecule has 0 rings (SSSR count). The summed E-state index contributed by atoms with van der Waals surface area (Å²) in [5.74, 6) is -0.780. The molecule has 0 spiro atoms. The van der Waals surface area contributed by atoms with Crippen LogP contribution in [0.15, 0.2) is 0 Å². The fourth-order valence-corrected chi connectivity index (χ4v) is 0.530. The molecule has 11 heavy (non-hydrogen) atoms. The lowest BCUT2D eigenvalue weighted by molar-refractivity contribution is -0.143. The summed E-state index contributed by atoms with van der Waals surface area (Å²) in [6, 6.07) is 0. The second-order valence-corrected chi connectivity index (χ2v) is 2.10. The monoisotopic (exact) mass is 159 g/mol. The van der Waals surface area contributed by atoms with Crippen LogP contribution in [-0.4, -0.2) is 25.5 Å². The van der Waals surface area contributed by atoms with Gasteiger partial charge in [-0.2, -0.15) is 0 Å². The Morgan fingerprint density at radius 2 is 2.09 bits per heavy atom. The Kier molecular flexibility index (Phi) is 5.15. The molecule has 0 aromatic rings. The van der Waals surface area contributed by atoms with Gasteiger partial charge in [-0.1, -0.05) is 6.92 Å². The number of carbonyl (C=O) groups excluding carboxylic acids is 2. The Morgan fingerprint density at radius 1 is 1.45 bits per heavy atom. The summed E-state index contributed by atoms with van der Waals surface area (Å²) in [6.07, 6.45) is 0.684. The highest BCUT2D eigenvalue weighted by Crippen LogP contribution is 1.83. The van der Waals surface area contributed by atoms with Crippen LogP contribution in [0.3, 0.4) is 0 Å². The number of methoxy groups -OCH3 is 1. The smallest absolute Gasteiger partial charge is 0.315 e. The van der Waals surface area contributed by atoms with Gasteiger partial charge in [0.05, 0.1) is 7.11 Å². The summed E-state index contributed by atoms with van der Waals surface area (Å²) in [6.45, 7) is 2.55. The largest absolute Gasteiger partial charge is 0.469 e. The minimum atomic E-state index is -0.501. The van der Waals surface area contributed by atoms with E-state index in [1.54, 1.807) is 0 Å². The molecule has 0 aliphatic carbocycles. The minimum absolute atomic E-state index is 0.184. The maximum atomic E-state index is 10.8. The predicted octanol–water partition coefficient (Wildman–Crippen LogP) is 0.0757.